The van der Waals surface area contributed by atoms with Crippen LogP contribution in [0.2, 0.25) is 0 Å². The maximum Gasteiger partial charge on any atom is 0.337 e. The second-order valence-corrected chi connectivity index (χ2v) is 4.48. The zero-order valence-electron chi connectivity index (χ0n) is 11.9. The van der Waals surface area contributed by atoms with Gasteiger partial charge in [-0.05, 0) is 36.4 Å². The lowest BCUT2D eigenvalue weighted by atomic mass is 10.2. The normalized spacial score (nSPS) is 9.91. The van der Waals surface area contributed by atoms with Gasteiger partial charge >= 0.3 is 5.97 Å². The fourth-order valence-corrected chi connectivity index (χ4v) is 1.83. The summed E-state index contributed by atoms with van der Waals surface area (Å²) in [6, 6.07) is 12.2. The molecule has 5 nitrogen and oxygen atoms in total. The Labute approximate surface area is 127 Å². The van der Waals surface area contributed by atoms with E-state index < -0.39 is 5.97 Å². The highest BCUT2D eigenvalue weighted by molar-refractivity contribution is 5.96. The van der Waals surface area contributed by atoms with Gasteiger partial charge in [-0.25, -0.2) is 9.18 Å². The van der Waals surface area contributed by atoms with E-state index >= 15 is 0 Å². The van der Waals surface area contributed by atoms with Gasteiger partial charge in [-0.15, -0.1) is 0 Å². The Hall–Kier alpha value is -2.89. The minimum atomic E-state index is -0.478. The van der Waals surface area contributed by atoms with E-state index in [4.69, 9.17) is 0 Å². The molecular formula is C16H15FN2O3. The summed E-state index contributed by atoms with van der Waals surface area (Å²) in [6.07, 6.45) is 0. The first-order valence-electron chi connectivity index (χ1n) is 6.56. The van der Waals surface area contributed by atoms with Gasteiger partial charge in [0.05, 0.1) is 19.2 Å². The summed E-state index contributed by atoms with van der Waals surface area (Å²) in [6.45, 7) is -0.0219. The second-order valence-electron chi connectivity index (χ2n) is 4.48. The Kier molecular flexibility index (Phi) is 5.08. The van der Waals surface area contributed by atoms with Crippen molar-refractivity contribution in [3.05, 3.63) is 59.9 Å². The first kappa shape index (κ1) is 15.5. The maximum atomic E-state index is 13.0. The Morgan fingerprint density at radius 3 is 2.55 bits per heavy atom. The monoisotopic (exact) mass is 302 g/mol. The van der Waals surface area contributed by atoms with Gasteiger partial charge in [0, 0.05) is 11.4 Å². The Morgan fingerprint density at radius 1 is 1.09 bits per heavy atom. The minimum Gasteiger partial charge on any atom is -0.465 e. The first-order chi connectivity index (χ1) is 10.6. The molecule has 0 bridgehead atoms. The molecule has 114 valence electrons. The van der Waals surface area contributed by atoms with Gasteiger partial charge in [-0.3, -0.25) is 4.79 Å². The number of rotatable bonds is 5. The highest BCUT2D eigenvalue weighted by Crippen LogP contribution is 2.12. The smallest absolute Gasteiger partial charge is 0.337 e. The third-order valence-electron chi connectivity index (χ3n) is 2.85. The average Bonchev–Trinajstić information content (AvgIpc) is 2.52. The molecule has 2 aromatic carbocycles. The number of carbonyl (C=O) groups is 2. The molecule has 0 heterocycles. The predicted molar refractivity (Wildman–Crippen MR) is 81.3 cm³/mol. The average molecular weight is 302 g/mol. The molecule has 2 rings (SSSR count). The van der Waals surface area contributed by atoms with Crippen LogP contribution in [0.5, 0.6) is 0 Å². The van der Waals surface area contributed by atoms with Crippen LogP contribution in [-0.4, -0.2) is 25.5 Å². The molecule has 6 heteroatoms. The van der Waals surface area contributed by atoms with Crippen molar-refractivity contribution >= 4 is 23.3 Å². The van der Waals surface area contributed by atoms with E-state index in [2.05, 4.69) is 15.4 Å². The van der Waals surface area contributed by atoms with Crippen LogP contribution in [0.1, 0.15) is 10.4 Å². The SMILES string of the molecule is COC(=O)c1cccc(NC(=O)CNc2cccc(F)c2)c1. The molecule has 2 aromatic rings. The molecular weight excluding hydrogens is 287 g/mol. The number of benzene rings is 2. The quantitative estimate of drug-likeness (QED) is 0.833. The number of ether oxygens (including phenoxy) is 1. The second kappa shape index (κ2) is 7.21. The standard InChI is InChI=1S/C16H15FN2O3/c1-22-16(21)11-4-2-7-14(8-11)19-15(20)10-18-13-6-3-5-12(17)9-13/h2-9,18H,10H2,1H3,(H,19,20). The molecule has 0 unspecified atom stereocenters. The van der Waals surface area contributed by atoms with Crippen molar-refractivity contribution in [3.63, 3.8) is 0 Å². The van der Waals surface area contributed by atoms with Crippen molar-refractivity contribution in [2.75, 3.05) is 24.3 Å². The van der Waals surface area contributed by atoms with Crippen LogP contribution in [0.4, 0.5) is 15.8 Å². The highest BCUT2D eigenvalue weighted by Gasteiger charge is 2.07. The number of hydrogen-bond acceptors (Lipinski definition) is 4. The largest absolute Gasteiger partial charge is 0.465 e. The van der Waals surface area contributed by atoms with Crippen molar-refractivity contribution in [1.29, 1.82) is 0 Å². The number of esters is 1. The van der Waals surface area contributed by atoms with Crippen LogP contribution >= 0.6 is 0 Å². The van der Waals surface area contributed by atoms with Crippen LogP contribution in [0.3, 0.4) is 0 Å². The zero-order chi connectivity index (χ0) is 15.9. The van der Waals surface area contributed by atoms with Crippen molar-refractivity contribution in [1.82, 2.24) is 0 Å². The minimum absolute atomic E-state index is 0.0219. The van der Waals surface area contributed by atoms with E-state index in [0.717, 1.165) is 0 Å². The zero-order valence-corrected chi connectivity index (χ0v) is 11.9. The molecule has 2 N–H and O–H groups in total. The molecule has 0 aliphatic rings. The van der Waals surface area contributed by atoms with Crippen molar-refractivity contribution in [3.8, 4) is 0 Å². The van der Waals surface area contributed by atoms with E-state index in [1.165, 1.54) is 25.3 Å². The molecule has 1 amide bonds. The molecule has 0 aliphatic carbocycles. The van der Waals surface area contributed by atoms with Crippen LogP contribution in [-0.2, 0) is 9.53 Å². The maximum absolute atomic E-state index is 13.0. The molecule has 0 fully saturated rings. The molecule has 0 radical (unpaired) electrons. The lowest BCUT2D eigenvalue weighted by Crippen LogP contribution is -2.21. The molecule has 22 heavy (non-hydrogen) atoms. The van der Waals surface area contributed by atoms with E-state index in [-0.39, 0.29) is 18.3 Å². The molecule has 0 aromatic heterocycles. The summed E-state index contributed by atoms with van der Waals surface area (Å²) >= 11 is 0. The molecule has 0 saturated carbocycles. The van der Waals surface area contributed by atoms with Gasteiger partial charge in [0.15, 0.2) is 0 Å². The van der Waals surface area contributed by atoms with Crippen LogP contribution in [0, 0.1) is 5.82 Å². The highest BCUT2D eigenvalue weighted by atomic mass is 19.1. The number of hydrogen-bond donors (Lipinski definition) is 2. The van der Waals surface area contributed by atoms with Gasteiger partial charge in [0.1, 0.15) is 5.82 Å². The third kappa shape index (κ3) is 4.31. The third-order valence-corrected chi connectivity index (χ3v) is 2.85. The van der Waals surface area contributed by atoms with Crippen LogP contribution in [0.15, 0.2) is 48.5 Å². The van der Waals surface area contributed by atoms with Gasteiger partial charge in [0.2, 0.25) is 5.91 Å². The topological polar surface area (TPSA) is 67.4 Å². The van der Waals surface area contributed by atoms with Crippen molar-refractivity contribution in [2.24, 2.45) is 0 Å². The number of carbonyl (C=O) groups excluding carboxylic acids is 2. The van der Waals surface area contributed by atoms with E-state index in [1.54, 1.807) is 30.3 Å². The molecule has 0 aliphatic heterocycles. The lowest BCUT2D eigenvalue weighted by Gasteiger charge is -2.08. The number of amides is 1. The summed E-state index contributed by atoms with van der Waals surface area (Å²) < 4.78 is 17.6. The Morgan fingerprint density at radius 2 is 1.82 bits per heavy atom. The number of nitrogens with one attached hydrogen (secondary N) is 2. The summed E-state index contributed by atoms with van der Waals surface area (Å²) in [7, 11) is 1.29. The summed E-state index contributed by atoms with van der Waals surface area (Å²) in [5, 5.41) is 5.45. The van der Waals surface area contributed by atoms with Crippen LogP contribution < -0.4 is 10.6 Å². The number of anilines is 2. The van der Waals surface area contributed by atoms with Crippen LogP contribution in [0.25, 0.3) is 0 Å². The predicted octanol–water partition coefficient (Wildman–Crippen LogP) is 2.66. The van der Waals surface area contributed by atoms with Gasteiger partial charge in [-0.1, -0.05) is 12.1 Å². The first-order valence-corrected chi connectivity index (χ1v) is 6.56. The summed E-state index contributed by atoms with van der Waals surface area (Å²) in [5.41, 5.74) is 1.34. The van der Waals surface area contributed by atoms with Gasteiger partial charge in [-0.2, -0.15) is 0 Å². The Bertz CT molecular complexity index is 689. The lowest BCUT2D eigenvalue weighted by molar-refractivity contribution is -0.114. The van der Waals surface area contributed by atoms with E-state index in [9.17, 15) is 14.0 Å². The van der Waals surface area contributed by atoms with Crippen molar-refractivity contribution < 1.29 is 18.7 Å². The molecule has 0 saturated heterocycles. The number of halogens is 1. The van der Waals surface area contributed by atoms with Gasteiger partial charge in [0.25, 0.3) is 0 Å². The summed E-state index contributed by atoms with van der Waals surface area (Å²) in [5.74, 6) is -1.17. The van der Waals surface area contributed by atoms with Crippen molar-refractivity contribution in [2.45, 2.75) is 0 Å². The number of methoxy groups -OCH3 is 1. The fourth-order valence-electron chi connectivity index (χ4n) is 1.83. The Balaban J connectivity index is 1.93. The van der Waals surface area contributed by atoms with E-state index in [1.807, 2.05) is 0 Å². The van der Waals surface area contributed by atoms with E-state index in [0.29, 0.717) is 16.9 Å². The van der Waals surface area contributed by atoms with Gasteiger partial charge < -0.3 is 15.4 Å². The molecule has 0 spiro atoms. The fraction of sp³-hybridized carbons (Fsp3) is 0.125. The summed E-state index contributed by atoms with van der Waals surface area (Å²) in [4.78, 5) is 23.2. The molecule has 0 atom stereocenters.